The van der Waals surface area contributed by atoms with Crippen LogP contribution in [0.4, 0.5) is 10.5 Å². The lowest BCUT2D eigenvalue weighted by molar-refractivity contribution is 0.134. The smallest absolute Gasteiger partial charge is 0.319 e. The fourth-order valence-corrected chi connectivity index (χ4v) is 2.93. The molecule has 2 amide bonds. The molecule has 126 valence electrons. The van der Waals surface area contributed by atoms with Gasteiger partial charge in [-0.05, 0) is 42.7 Å². The Morgan fingerprint density at radius 1 is 1.12 bits per heavy atom. The molecule has 1 aliphatic rings. The minimum atomic E-state index is -0.734. The summed E-state index contributed by atoms with van der Waals surface area (Å²) >= 11 is 0. The number of aliphatic hydroxyl groups excluding tert-OH is 1. The van der Waals surface area contributed by atoms with E-state index < -0.39 is 6.10 Å². The maximum atomic E-state index is 12.0. The van der Waals surface area contributed by atoms with Gasteiger partial charge in [-0.1, -0.05) is 35.4 Å². The molecule has 2 aromatic rings. The third kappa shape index (κ3) is 3.93. The third-order valence-corrected chi connectivity index (χ3v) is 4.06. The number of fused-ring (bicyclic) bond motifs is 1. The summed E-state index contributed by atoms with van der Waals surface area (Å²) in [7, 11) is 0. The Labute approximate surface area is 141 Å². The Balaban J connectivity index is 1.55. The number of anilines is 1. The molecule has 0 bridgehead atoms. The van der Waals surface area contributed by atoms with Gasteiger partial charge in [0.15, 0.2) is 0 Å². The highest BCUT2D eigenvalue weighted by atomic mass is 16.5. The van der Waals surface area contributed by atoms with Crippen LogP contribution < -0.4 is 10.6 Å². The molecule has 2 aromatic carbocycles. The molecule has 0 aliphatic carbocycles. The monoisotopic (exact) mass is 326 g/mol. The minimum Gasteiger partial charge on any atom is -0.387 e. The average molecular weight is 326 g/mol. The van der Waals surface area contributed by atoms with Gasteiger partial charge < -0.3 is 20.5 Å². The normalized spacial score (nSPS) is 14.1. The Morgan fingerprint density at radius 2 is 1.83 bits per heavy atom. The summed E-state index contributed by atoms with van der Waals surface area (Å²) in [5, 5.41) is 15.7. The first-order valence-corrected chi connectivity index (χ1v) is 8.02. The van der Waals surface area contributed by atoms with Gasteiger partial charge >= 0.3 is 6.03 Å². The molecule has 1 aliphatic heterocycles. The molecule has 0 aromatic heterocycles. The van der Waals surface area contributed by atoms with Gasteiger partial charge in [0.25, 0.3) is 0 Å². The van der Waals surface area contributed by atoms with E-state index in [-0.39, 0.29) is 12.6 Å². The van der Waals surface area contributed by atoms with E-state index >= 15 is 0 Å². The molecule has 1 atom stereocenters. The molecule has 3 rings (SSSR count). The molecule has 0 fully saturated rings. The van der Waals surface area contributed by atoms with Crippen molar-refractivity contribution in [2.75, 3.05) is 11.9 Å². The van der Waals surface area contributed by atoms with Gasteiger partial charge in [-0.2, -0.15) is 0 Å². The zero-order valence-electron chi connectivity index (χ0n) is 13.9. The fraction of sp³-hybridized carbons (Fsp3) is 0.316. The number of rotatable bonds is 4. The van der Waals surface area contributed by atoms with Crippen molar-refractivity contribution >= 4 is 11.7 Å². The van der Waals surface area contributed by atoms with Crippen LogP contribution in [0.1, 0.15) is 33.9 Å². The summed E-state index contributed by atoms with van der Waals surface area (Å²) in [5.41, 5.74) is 5.97. The van der Waals surface area contributed by atoms with E-state index in [1.54, 1.807) is 0 Å². The van der Waals surface area contributed by atoms with Crippen LogP contribution in [-0.4, -0.2) is 17.7 Å². The number of amides is 2. The van der Waals surface area contributed by atoms with E-state index in [2.05, 4.69) is 10.6 Å². The molecule has 5 heteroatoms. The summed E-state index contributed by atoms with van der Waals surface area (Å²) in [6.07, 6.45) is -0.734. The Kier molecular flexibility index (Phi) is 4.83. The summed E-state index contributed by atoms with van der Waals surface area (Å²) < 4.78 is 5.36. The molecule has 5 nitrogen and oxygen atoms in total. The molecular weight excluding hydrogens is 304 g/mol. The molecule has 0 saturated heterocycles. The Morgan fingerprint density at radius 3 is 2.58 bits per heavy atom. The molecule has 0 radical (unpaired) electrons. The number of aliphatic hydroxyl groups is 1. The van der Waals surface area contributed by atoms with Crippen molar-refractivity contribution in [2.45, 2.75) is 33.2 Å². The predicted octanol–water partition coefficient (Wildman–Crippen LogP) is 3.19. The summed E-state index contributed by atoms with van der Waals surface area (Å²) in [6.45, 7) is 5.34. The highest BCUT2D eigenvalue weighted by Crippen LogP contribution is 2.23. The number of aryl methyl sites for hydroxylation is 2. The first-order valence-electron chi connectivity index (χ1n) is 8.02. The third-order valence-electron chi connectivity index (χ3n) is 4.06. The summed E-state index contributed by atoms with van der Waals surface area (Å²) in [5.74, 6) is 0. The molecule has 0 spiro atoms. The van der Waals surface area contributed by atoms with E-state index in [9.17, 15) is 9.90 Å². The van der Waals surface area contributed by atoms with E-state index in [1.165, 1.54) is 0 Å². The molecule has 3 N–H and O–H groups in total. The van der Waals surface area contributed by atoms with Crippen LogP contribution in [0.25, 0.3) is 0 Å². The Bertz CT molecular complexity index is 738. The van der Waals surface area contributed by atoms with Crippen molar-refractivity contribution in [3.63, 3.8) is 0 Å². The maximum absolute atomic E-state index is 12.0. The molecule has 24 heavy (non-hydrogen) atoms. The second-order valence-corrected chi connectivity index (χ2v) is 6.25. The van der Waals surface area contributed by atoms with Crippen LogP contribution in [0.15, 0.2) is 36.4 Å². The van der Waals surface area contributed by atoms with Gasteiger partial charge in [0.2, 0.25) is 0 Å². The number of carbonyl (C=O) groups is 1. The van der Waals surface area contributed by atoms with Gasteiger partial charge in [-0.3, -0.25) is 0 Å². The second kappa shape index (κ2) is 7.03. The van der Waals surface area contributed by atoms with E-state index in [0.29, 0.717) is 13.2 Å². The van der Waals surface area contributed by atoms with Crippen LogP contribution in [0.5, 0.6) is 0 Å². The predicted molar refractivity (Wildman–Crippen MR) is 92.8 cm³/mol. The minimum absolute atomic E-state index is 0.156. The van der Waals surface area contributed by atoms with Crippen molar-refractivity contribution in [1.29, 1.82) is 0 Å². The SMILES string of the molecule is Cc1cc(C)cc(C(O)CNC(=O)Nc2ccc3c(c2)COC3)c1. The zero-order chi connectivity index (χ0) is 17.1. The highest BCUT2D eigenvalue weighted by Gasteiger charge is 2.13. The van der Waals surface area contributed by atoms with Gasteiger partial charge in [-0.15, -0.1) is 0 Å². The van der Waals surface area contributed by atoms with Gasteiger partial charge in [0.05, 0.1) is 19.3 Å². The van der Waals surface area contributed by atoms with Crippen LogP contribution in [0.3, 0.4) is 0 Å². The van der Waals surface area contributed by atoms with Gasteiger partial charge in [-0.25, -0.2) is 4.79 Å². The summed E-state index contributed by atoms with van der Waals surface area (Å²) in [6, 6.07) is 11.3. The number of carbonyl (C=O) groups excluding carboxylic acids is 1. The number of benzene rings is 2. The summed E-state index contributed by atoms with van der Waals surface area (Å²) in [4.78, 5) is 12.0. The lowest BCUT2D eigenvalue weighted by atomic mass is 10.0. The maximum Gasteiger partial charge on any atom is 0.319 e. The van der Waals surface area contributed by atoms with Crippen LogP contribution >= 0.6 is 0 Å². The van der Waals surface area contributed by atoms with Crippen LogP contribution in [0, 0.1) is 13.8 Å². The number of urea groups is 1. The van der Waals surface area contributed by atoms with Crippen molar-refractivity contribution in [3.8, 4) is 0 Å². The first kappa shape index (κ1) is 16.5. The van der Waals surface area contributed by atoms with E-state index in [1.807, 2.05) is 50.2 Å². The molecular formula is C19H22N2O3. The number of hydrogen-bond acceptors (Lipinski definition) is 3. The van der Waals surface area contributed by atoms with Gasteiger partial charge in [0.1, 0.15) is 0 Å². The zero-order valence-corrected chi connectivity index (χ0v) is 13.9. The van der Waals surface area contributed by atoms with Crippen molar-refractivity contribution in [1.82, 2.24) is 5.32 Å². The van der Waals surface area contributed by atoms with Crippen molar-refractivity contribution in [2.24, 2.45) is 0 Å². The largest absolute Gasteiger partial charge is 0.387 e. The number of ether oxygens (including phenoxy) is 1. The van der Waals surface area contributed by atoms with E-state index in [0.717, 1.165) is 33.5 Å². The Hall–Kier alpha value is -2.37. The number of nitrogens with one attached hydrogen (secondary N) is 2. The topological polar surface area (TPSA) is 70.6 Å². The van der Waals surface area contributed by atoms with Crippen LogP contribution in [0.2, 0.25) is 0 Å². The molecule has 1 unspecified atom stereocenters. The lowest BCUT2D eigenvalue weighted by Gasteiger charge is -2.14. The quantitative estimate of drug-likeness (QED) is 0.808. The standard InChI is InChI=1S/C19H22N2O3/c1-12-5-13(2)7-15(6-12)18(22)9-20-19(23)21-17-4-3-14-10-24-11-16(14)8-17/h3-8,18,22H,9-11H2,1-2H3,(H2,20,21,23). The van der Waals surface area contributed by atoms with Crippen molar-refractivity contribution < 1.29 is 14.6 Å². The number of hydrogen-bond donors (Lipinski definition) is 3. The van der Waals surface area contributed by atoms with E-state index in [4.69, 9.17) is 4.74 Å². The average Bonchev–Trinajstić information content (AvgIpc) is 2.99. The lowest BCUT2D eigenvalue weighted by Crippen LogP contribution is -2.32. The first-order chi connectivity index (χ1) is 11.5. The van der Waals surface area contributed by atoms with Crippen LogP contribution in [-0.2, 0) is 18.0 Å². The molecule has 0 saturated carbocycles. The molecule has 1 heterocycles. The second-order valence-electron chi connectivity index (χ2n) is 6.25. The highest BCUT2D eigenvalue weighted by molar-refractivity contribution is 5.89. The van der Waals surface area contributed by atoms with Crippen molar-refractivity contribution in [3.05, 3.63) is 64.2 Å². The van der Waals surface area contributed by atoms with Gasteiger partial charge in [0, 0.05) is 12.2 Å². The fourth-order valence-electron chi connectivity index (χ4n) is 2.93.